The highest BCUT2D eigenvalue weighted by molar-refractivity contribution is 5.04. The standard InChI is InChI=1S/C13H21N3/c1-11(2)7-5-6-8-13-10-16(15-14-13)9-12(3)4/h10-12H,6,8-9H2,1-4H3. The van der Waals surface area contributed by atoms with Gasteiger partial charge in [0.05, 0.1) is 5.69 Å². The van der Waals surface area contributed by atoms with Gasteiger partial charge in [-0.05, 0) is 5.92 Å². The maximum atomic E-state index is 4.13. The molecule has 1 heterocycles. The van der Waals surface area contributed by atoms with Crippen LogP contribution in [-0.4, -0.2) is 15.0 Å². The first-order chi connectivity index (χ1) is 7.58. The van der Waals surface area contributed by atoms with E-state index in [1.54, 1.807) is 0 Å². The van der Waals surface area contributed by atoms with Crippen LogP contribution < -0.4 is 0 Å². The first kappa shape index (κ1) is 12.8. The third kappa shape index (κ3) is 4.97. The van der Waals surface area contributed by atoms with Crippen molar-refractivity contribution in [3.05, 3.63) is 11.9 Å². The van der Waals surface area contributed by atoms with Gasteiger partial charge >= 0.3 is 0 Å². The minimum absolute atomic E-state index is 0.455. The highest BCUT2D eigenvalue weighted by atomic mass is 15.4. The van der Waals surface area contributed by atoms with Gasteiger partial charge in [0.2, 0.25) is 0 Å². The second-order valence-corrected chi connectivity index (χ2v) is 4.80. The van der Waals surface area contributed by atoms with E-state index in [9.17, 15) is 0 Å². The van der Waals surface area contributed by atoms with Crippen molar-refractivity contribution in [1.82, 2.24) is 15.0 Å². The highest BCUT2D eigenvalue weighted by Crippen LogP contribution is 2.01. The third-order valence-corrected chi connectivity index (χ3v) is 2.04. The van der Waals surface area contributed by atoms with Gasteiger partial charge in [-0.15, -0.1) is 16.9 Å². The van der Waals surface area contributed by atoms with Crippen LogP contribution in [0.15, 0.2) is 6.20 Å². The SMILES string of the molecule is CC(C)C#CCCc1cn(CC(C)C)nn1. The van der Waals surface area contributed by atoms with Crippen molar-refractivity contribution in [3.8, 4) is 11.8 Å². The maximum Gasteiger partial charge on any atom is 0.0836 e. The number of rotatable bonds is 4. The maximum absolute atomic E-state index is 4.13. The average Bonchev–Trinajstić information content (AvgIpc) is 2.59. The molecule has 0 atom stereocenters. The summed E-state index contributed by atoms with van der Waals surface area (Å²) < 4.78 is 1.91. The van der Waals surface area contributed by atoms with Gasteiger partial charge < -0.3 is 0 Å². The van der Waals surface area contributed by atoms with Gasteiger partial charge in [-0.1, -0.05) is 32.9 Å². The lowest BCUT2D eigenvalue weighted by atomic mass is 10.2. The van der Waals surface area contributed by atoms with Gasteiger partial charge in [-0.25, -0.2) is 0 Å². The Bertz CT molecular complexity index is 366. The Kier molecular flexibility index (Phi) is 5.04. The lowest BCUT2D eigenvalue weighted by Gasteiger charge is -2.01. The molecule has 0 aliphatic rings. The van der Waals surface area contributed by atoms with Crippen LogP contribution in [-0.2, 0) is 13.0 Å². The summed E-state index contributed by atoms with van der Waals surface area (Å²) in [5, 5.41) is 8.22. The summed E-state index contributed by atoms with van der Waals surface area (Å²) in [5.41, 5.74) is 1.04. The molecule has 0 fully saturated rings. The van der Waals surface area contributed by atoms with E-state index >= 15 is 0 Å². The molecule has 0 saturated carbocycles. The fourth-order valence-electron chi connectivity index (χ4n) is 1.38. The second-order valence-electron chi connectivity index (χ2n) is 4.80. The molecule has 0 amide bonds. The van der Waals surface area contributed by atoms with E-state index in [4.69, 9.17) is 0 Å². The first-order valence-electron chi connectivity index (χ1n) is 5.95. The van der Waals surface area contributed by atoms with Gasteiger partial charge in [-0.3, -0.25) is 4.68 Å². The Balaban J connectivity index is 2.38. The number of hydrogen-bond acceptors (Lipinski definition) is 2. The fraction of sp³-hybridized carbons (Fsp3) is 0.692. The number of aryl methyl sites for hydroxylation is 1. The van der Waals surface area contributed by atoms with Crippen LogP contribution in [0.1, 0.15) is 39.8 Å². The van der Waals surface area contributed by atoms with Crippen LogP contribution in [0.5, 0.6) is 0 Å². The zero-order chi connectivity index (χ0) is 12.0. The molecule has 16 heavy (non-hydrogen) atoms. The van der Waals surface area contributed by atoms with Crippen LogP contribution in [0, 0.1) is 23.7 Å². The lowest BCUT2D eigenvalue weighted by molar-refractivity contribution is 0.472. The Morgan fingerprint density at radius 1 is 1.31 bits per heavy atom. The van der Waals surface area contributed by atoms with E-state index in [-0.39, 0.29) is 0 Å². The molecular formula is C13H21N3. The number of nitrogens with zero attached hydrogens (tertiary/aromatic N) is 3. The van der Waals surface area contributed by atoms with Crippen molar-refractivity contribution in [2.45, 2.75) is 47.1 Å². The summed E-state index contributed by atoms with van der Waals surface area (Å²) in [6.07, 6.45) is 3.80. The van der Waals surface area contributed by atoms with Gasteiger partial charge in [-0.2, -0.15) is 0 Å². The molecule has 0 aromatic carbocycles. The molecule has 3 nitrogen and oxygen atoms in total. The van der Waals surface area contributed by atoms with E-state index in [0.717, 1.165) is 25.1 Å². The molecule has 0 N–H and O–H groups in total. The fourth-order valence-corrected chi connectivity index (χ4v) is 1.38. The molecular weight excluding hydrogens is 198 g/mol. The summed E-state index contributed by atoms with van der Waals surface area (Å²) in [7, 11) is 0. The van der Waals surface area contributed by atoms with E-state index in [1.165, 1.54) is 0 Å². The van der Waals surface area contributed by atoms with Crippen LogP contribution in [0.3, 0.4) is 0 Å². The van der Waals surface area contributed by atoms with Crippen molar-refractivity contribution < 1.29 is 0 Å². The largest absolute Gasteiger partial charge is 0.252 e. The van der Waals surface area contributed by atoms with Crippen molar-refractivity contribution >= 4 is 0 Å². The number of aromatic nitrogens is 3. The van der Waals surface area contributed by atoms with Crippen LogP contribution in [0.2, 0.25) is 0 Å². The summed E-state index contributed by atoms with van der Waals surface area (Å²) in [5.74, 6) is 7.37. The minimum Gasteiger partial charge on any atom is -0.252 e. The Labute approximate surface area is 98.2 Å². The van der Waals surface area contributed by atoms with Crippen molar-refractivity contribution in [2.75, 3.05) is 0 Å². The Morgan fingerprint density at radius 3 is 2.69 bits per heavy atom. The topological polar surface area (TPSA) is 30.7 Å². The first-order valence-corrected chi connectivity index (χ1v) is 5.95. The van der Waals surface area contributed by atoms with Gasteiger partial charge in [0.25, 0.3) is 0 Å². The van der Waals surface area contributed by atoms with Crippen molar-refractivity contribution in [1.29, 1.82) is 0 Å². The highest BCUT2D eigenvalue weighted by Gasteiger charge is 2.01. The van der Waals surface area contributed by atoms with E-state index in [1.807, 2.05) is 10.9 Å². The quantitative estimate of drug-likeness (QED) is 0.729. The smallest absolute Gasteiger partial charge is 0.0836 e. The summed E-state index contributed by atoms with van der Waals surface area (Å²) >= 11 is 0. The summed E-state index contributed by atoms with van der Waals surface area (Å²) in [6.45, 7) is 9.49. The molecule has 1 aromatic rings. The molecule has 1 aromatic heterocycles. The normalized spacial score (nSPS) is 10.6. The molecule has 1 rings (SSSR count). The molecule has 0 radical (unpaired) electrons. The zero-order valence-electron chi connectivity index (χ0n) is 10.7. The molecule has 0 aliphatic heterocycles. The molecule has 3 heteroatoms. The Morgan fingerprint density at radius 2 is 2.06 bits per heavy atom. The van der Waals surface area contributed by atoms with Crippen LogP contribution in [0.25, 0.3) is 0 Å². The minimum atomic E-state index is 0.455. The Hall–Kier alpha value is -1.30. The lowest BCUT2D eigenvalue weighted by Crippen LogP contribution is -2.04. The van der Waals surface area contributed by atoms with Gasteiger partial charge in [0.1, 0.15) is 0 Å². The predicted molar refractivity (Wildman–Crippen MR) is 65.8 cm³/mol. The van der Waals surface area contributed by atoms with Gasteiger partial charge in [0, 0.05) is 31.5 Å². The molecule has 0 saturated heterocycles. The van der Waals surface area contributed by atoms with Crippen molar-refractivity contribution in [3.63, 3.8) is 0 Å². The molecule has 0 aliphatic carbocycles. The van der Waals surface area contributed by atoms with Crippen molar-refractivity contribution in [2.24, 2.45) is 11.8 Å². The molecule has 0 spiro atoms. The van der Waals surface area contributed by atoms with E-state index in [0.29, 0.717) is 11.8 Å². The monoisotopic (exact) mass is 219 g/mol. The van der Waals surface area contributed by atoms with E-state index < -0.39 is 0 Å². The van der Waals surface area contributed by atoms with Crippen LogP contribution >= 0.6 is 0 Å². The summed E-state index contributed by atoms with van der Waals surface area (Å²) in [4.78, 5) is 0. The number of hydrogen-bond donors (Lipinski definition) is 0. The predicted octanol–water partition coefficient (Wildman–Crippen LogP) is 2.53. The van der Waals surface area contributed by atoms with Crippen LogP contribution in [0.4, 0.5) is 0 Å². The molecule has 0 bridgehead atoms. The zero-order valence-corrected chi connectivity index (χ0v) is 10.7. The molecule has 88 valence electrons. The van der Waals surface area contributed by atoms with E-state index in [2.05, 4.69) is 49.8 Å². The van der Waals surface area contributed by atoms with Gasteiger partial charge in [0.15, 0.2) is 0 Å². The third-order valence-electron chi connectivity index (χ3n) is 2.04. The average molecular weight is 219 g/mol. The summed E-state index contributed by atoms with van der Waals surface area (Å²) in [6, 6.07) is 0. The molecule has 0 unspecified atom stereocenters. The second kappa shape index (κ2) is 6.32.